The molecule has 2 heterocycles. The first-order valence-corrected chi connectivity index (χ1v) is 14.8. The Hall–Kier alpha value is -3.97. The largest absolute Gasteiger partial charge is 0.491 e. The van der Waals surface area contributed by atoms with Crippen molar-refractivity contribution in [3.05, 3.63) is 36.0 Å². The van der Waals surface area contributed by atoms with Crippen molar-refractivity contribution < 1.29 is 38.1 Å². The average Bonchev–Trinajstić information content (AvgIpc) is 2.95. The van der Waals surface area contributed by atoms with Crippen molar-refractivity contribution in [3.63, 3.8) is 0 Å². The molecule has 242 valence electrons. The normalized spacial score (nSPS) is 21.0. The Morgan fingerprint density at radius 3 is 2.50 bits per heavy atom. The second-order valence-corrected chi connectivity index (χ2v) is 11.7. The number of benzene rings is 1. The number of carbonyl (C=O) groups is 4. The number of anilines is 1. The van der Waals surface area contributed by atoms with Crippen LogP contribution in [-0.4, -0.2) is 98.2 Å². The fraction of sp³-hybridized carbons (Fsp3) is 0.581. The number of imide groups is 1. The maximum absolute atomic E-state index is 13.2. The van der Waals surface area contributed by atoms with Crippen LogP contribution in [0.15, 0.2) is 41.1 Å². The maximum atomic E-state index is 13.2. The molecule has 2 N–H and O–H groups in total. The van der Waals surface area contributed by atoms with Crippen LogP contribution in [0.3, 0.4) is 0 Å². The number of nitrogens with one attached hydrogen (secondary N) is 2. The predicted molar refractivity (Wildman–Crippen MR) is 164 cm³/mol. The number of rotatable bonds is 14. The Bertz CT molecular complexity index is 1230. The van der Waals surface area contributed by atoms with Crippen LogP contribution >= 0.6 is 0 Å². The Morgan fingerprint density at radius 1 is 1.07 bits per heavy atom. The summed E-state index contributed by atoms with van der Waals surface area (Å²) in [6, 6.07) is 6.27. The lowest BCUT2D eigenvalue weighted by Crippen LogP contribution is -2.55. The first-order valence-electron chi connectivity index (χ1n) is 14.8. The zero-order chi connectivity index (χ0) is 32.3. The lowest BCUT2D eigenvalue weighted by molar-refractivity contribution is -0.157. The number of piperidine rings is 1. The summed E-state index contributed by atoms with van der Waals surface area (Å²) in [5.41, 5.74) is 0.806. The van der Waals surface area contributed by atoms with Crippen LogP contribution in [0, 0.1) is 11.8 Å². The molecule has 0 aliphatic carbocycles. The van der Waals surface area contributed by atoms with E-state index in [1.54, 1.807) is 51.3 Å². The van der Waals surface area contributed by atoms with Gasteiger partial charge in [0.1, 0.15) is 24.0 Å². The SMILES string of the molecule is C/C(=C\C1C(=O)N(C2CCC(=O)N(C)C2=O)N=CC1C)NCCOCCOCCOc1cccc(NC(=O)OC(C)(C)C)c1. The van der Waals surface area contributed by atoms with Crippen molar-refractivity contribution in [2.45, 2.75) is 59.1 Å². The number of likely N-dealkylation sites (N-methyl/N-ethyl adjacent to an activating group) is 1. The van der Waals surface area contributed by atoms with E-state index >= 15 is 0 Å². The number of hydrazone groups is 1. The molecular weight excluding hydrogens is 570 g/mol. The molecule has 13 heteroatoms. The lowest BCUT2D eigenvalue weighted by atomic mass is 9.90. The highest BCUT2D eigenvalue weighted by Gasteiger charge is 2.42. The summed E-state index contributed by atoms with van der Waals surface area (Å²) in [6.45, 7) is 11.7. The summed E-state index contributed by atoms with van der Waals surface area (Å²) in [4.78, 5) is 50.6. The molecule has 1 saturated heterocycles. The highest BCUT2D eigenvalue weighted by atomic mass is 16.6. The van der Waals surface area contributed by atoms with Gasteiger partial charge in [0.2, 0.25) is 5.91 Å². The van der Waals surface area contributed by atoms with Gasteiger partial charge < -0.3 is 24.3 Å². The molecular formula is C31H45N5O8. The number of ether oxygens (including phenoxy) is 4. The molecule has 3 rings (SSSR count). The molecule has 3 unspecified atom stereocenters. The lowest BCUT2D eigenvalue weighted by Gasteiger charge is -2.37. The van der Waals surface area contributed by atoms with E-state index in [2.05, 4.69) is 15.7 Å². The number of amides is 4. The van der Waals surface area contributed by atoms with Crippen LogP contribution in [-0.2, 0) is 28.6 Å². The standard InChI is InChI=1S/C31H45N5O8/c1-21-20-33-36(26-10-11-27(37)35(6)29(26)39)28(38)25(21)18-22(2)32-12-13-41-14-15-42-16-17-43-24-9-7-8-23(19-24)34-30(40)44-31(3,4)5/h7-9,18-21,25-26,32H,10-17H2,1-6H3,(H,34,40)/b22-18+. The van der Waals surface area contributed by atoms with Crippen molar-refractivity contribution in [2.75, 3.05) is 51.9 Å². The van der Waals surface area contributed by atoms with Gasteiger partial charge in [-0.05, 0) is 46.2 Å². The fourth-order valence-corrected chi connectivity index (χ4v) is 4.56. The van der Waals surface area contributed by atoms with Crippen LogP contribution in [0.4, 0.5) is 10.5 Å². The van der Waals surface area contributed by atoms with Crippen LogP contribution in [0.2, 0.25) is 0 Å². The Morgan fingerprint density at radius 2 is 1.77 bits per heavy atom. The molecule has 4 amide bonds. The second kappa shape index (κ2) is 16.2. The minimum Gasteiger partial charge on any atom is -0.491 e. The van der Waals surface area contributed by atoms with Crippen molar-refractivity contribution in [3.8, 4) is 5.75 Å². The molecule has 1 aromatic carbocycles. The zero-order valence-electron chi connectivity index (χ0n) is 26.5. The van der Waals surface area contributed by atoms with Gasteiger partial charge in [-0.1, -0.05) is 19.1 Å². The fourth-order valence-electron chi connectivity index (χ4n) is 4.56. The molecule has 13 nitrogen and oxygen atoms in total. The summed E-state index contributed by atoms with van der Waals surface area (Å²) >= 11 is 0. The molecule has 0 aromatic heterocycles. The van der Waals surface area contributed by atoms with Gasteiger partial charge in [0.25, 0.3) is 11.8 Å². The Labute approximate surface area is 258 Å². The van der Waals surface area contributed by atoms with Crippen molar-refractivity contribution in [1.82, 2.24) is 15.2 Å². The van der Waals surface area contributed by atoms with E-state index in [-0.39, 0.29) is 30.6 Å². The van der Waals surface area contributed by atoms with Crippen LogP contribution in [0.1, 0.15) is 47.5 Å². The van der Waals surface area contributed by atoms with Gasteiger partial charge in [-0.15, -0.1) is 0 Å². The van der Waals surface area contributed by atoms with Gasteiger partial charge in [-0.2, -0.15) is 5.10 Å². The van der Waals surface area contributed by atoms with Gasteiger partial charge in [0.05, 0.1) is 32.3 Å². The van der Waals surface area contributed by atoms with E-state index in [4.69, 9.17) is 18.9 Å². The van der Waals surface area contributed by atoms with Crippen molar-refractivity contribution in [2.24, 2.45) is 16.9 Å². The third kappa shape index (κ3) is 10.6. The Balaban J connectivity index is 1.29. The van der Waals surface area contributed by atoms with Crippen molar-refractivity contribution >= 4 is 35.7 Å². The predicted octanol–water partition coefficient (Wildman–Crippen LogP) is 3.17. The smallest absolute Gasteiger partial charge is 0.412 e. The number of hydrogen-bond acceptors (Lipinski definition) is 10. The molecule has 0 spiro atoms. The summed E-state index contributed by atoms with van der Waals surface area (Å²) < 4.78 is 22.1. The molecule has 44 heavy (non-hydrogen) atoms. The topological polar surface area (TPSA) is 148 Å². The van der Waals surface area contributed by atoms with E-state index < -0.39 is 29.6 Å². The molecule has 1 aromatic rings. The van der Waals surface area contributed by atoms with Crippen molar-refractivity contribution in [1.29, 1.82) is 0 Å². The van der Waals surface area contributed by atoms with Gasteiger partial charge >= 0.3 is 6.09 Å². The van der Waals surface area contributed by atoms with Gasteiger partial charge in [0, 0.05) is 49.6 Å². The monoisotopic (exact) mass is 615 g/mol. The highest BCUT2D eigenvalue weighted by molar-refractivity contribution is 6.02. The van der Waals surface area contributed by atoms with E-state index in [9.17, 15) is 19.2 Å². The third-order valence-electron chi connectivity index (χ3n) is 6.85. The summed E-state index contributed by atoms with van der Waals surface area (Å²) in [5.74, 6) is -0.929. The maximum Gasteiger partial charge on any atom is 0.412 e. The molecule has 0 bridgehead atoms. The highest BCUT2D eigenvalue weighted by Crippen LogP contribution is 2.27. The number of likely N-dealkylation sites (tertiary alicyclic amines) is 1. The second-order valence-electron chi connectivity index (χ2n) is 11.7. The van der Waals surface area contributed by atoms with Gasteiger partial charge in [-0.3, -0.25) is 24.6 Å². The number of carbonyl (C=O) groups excluding carboxylic acids is 4. The molecule has 0 saturated carbocycles. The number of nitrogens with zero attached hydrogens (tertiary/aromatic N) is 3. The van der Waals surface area contributed by atoms with E-state index in [0.717, 1.165) is 10.6 Å². The molecule has 1 fully saturated rings. The van der Waals surface area contributed by atoms with Gasteiger partial charge in [-0.25, -0.2) is 9.80 Å². The molecule has 2 aliphatic rings. The summed E-state index contributed by atoms with van der Waals surface area (Å²) in [7, 11) is 1.43. The minimum atomic E-state index is -0.764. The van der Waals surface area contributed by atoms with Crippen LogP contribution < -0.4 is 15.4 Å². The third-order valence-corrected chi connectivity index (χ3v) is 6.85. The number of hydrogen-bond donors (Lipinski definition) is 2. The average molecular weight is 616 g/mol. The van der Waals surface area contributed by atoms with Crippen LogP contribution in [0.25, 0.3) is 0 Å². The van der Waals surface area contributed by atoms with E-state index in [1.165, 1.54) is 12.1 Å². The first-order chi connectivity index (χ1) is 20.9. The number of allylic oxidation sites excluding steroid dienone is 1. The van der Waals surface area contributed by atoms with E-state index in [0.29, 0.717) is 51.0 Å². The summed E-state index contributed by atoms with van der Waals surface area (Å²) in [6.07, 6.45) is 3.46. The molecule has 2 aliphatic heterocycles. The molecule has 3 atom stereocenters. The van der Waals surface area contributed by atoms with Crippen LogP contribution in [0.5, 0.6) is 5.75 Å². The quantitative estimate of drug-likeness (QED) is 0.238. The first kappa shape index (κ1) is 34.5. The minimum absolute atomic E-state index is 0.135. The summed E-state index contributed by atoms with van der Waals surface area (Å²) in [5, 5.41) is 11.4. The zero-order valence-corrected chi connectivity index (χ0v) is 26.5. The van der Waals surface area contributed by atoms with Gasteiger partial charge in [0.15, 0.2) is 0 Å². The Kier molecular flexibility index (Phi) is 12.7. The van der Waals surface area contributed by atoms with E-state index in [1.807, 2.05) is 19.9 Å². The molecule has 0 radical (unpaired) electrons.